The Labute approximate surface area is 180 Å². The van der Waals surface area contributed by atoms with Crippen molar-refractivity contribution in [1.29, 1.82) is 0 Å². The summed E-state index contributed by atoms with van der Waals surface area (Å²) in [4.78, 5) is 49.5. The molecule has 31 heavy (non-hydrogen) atoms. The number of ether oxygens (including phenoxy) is 1. The minimum absolute atomic E-state index is 0.0548. The van der Waals surface area contributed by atoms with E-state index in [9.17, 15) is 34.5 Å². The molecule has 2 unspecified atom stereocenters. The quantitative estimate of drug-likeness (QED) is 0.546. The molecule has 170 valence electrons. The number of rotatable bonds is 3. The van der Waals surface area contributed by atoms with E-state index in [0.717, 1.165) is 0 Å². The van der Waals surface area contributed by atoms with Crippen LogP contribution in [0.3, 0.4) is 0 Å². The van der Waals surface area contributed by atoms with Crippen LogP contribution < -0.4 is 0 Å². The van der Waals surface area contributed by atoms with Crippen LogP contribution in [-0.4, -0.2) is 63.1 Å². The number of hydrogen-bond donors (Lipinski definition) is 3. The van der Waals surface area contributed by atoms with E-state index in [-0.39, 0.29) is 36.7 Å². The maximum absolute atomic E-state index is 13.5. The molecule has 4 aliphatic carbocycles. The maximum atomic E-state index is 13.5. The average molecular weight is 434 g/mol. The van der Waals surface area contributed by atoms with Crippen LogP contribution in [0.15, 0.2) is 11.6 Å². The molecule has 3 saturated carbocycles. The van der Waals surface area contributed by atoms with Gasteiger partial charge in [0.05, 0.1) is 6.10 Å². The summed E-state index contributed by atoms with van der Waals surface area (Å²) in [6.45, 7) is 4.15. The van der Waals surface area contributed by atoms with Gasteiger partial charge >= 0.3 is 5.97 Å². The highest BCUT2D eigenvalue weighted by atomic mass is 16.5. The number of aliphatic hydroxyl groups is 3. The fraction of sp³-hybridized carbons (Fsp3) is 0.739. The third-order valence-corrected chi connectivity index (χ3v) is 8.78. The molecule has 0 aliphatic heterocycles. The summed E-state index contributed by atoms with van der Waals surface area (Å²) >= 11 is 0. The van der Waals surface area contributed by atoms with Gasteiger partial charge in [-0.25, -0.2) is 0 Å². The van der Waals surface area contributed by atoms with Gasteiger partial charge in [0.2, 0.25) is 5.78 Å². The lowest BCUT2D eigenvalue weighted by Gasteiger charge is -2.60. The molecule has 0 aromatic rings. The summed E-state index contributed by atoms with van der Waals surface area (Å²) in [7, 11) is 0. The summed E-state index contributed by atoms with van der Waals surface area (Å²) < 4.78 is 4.81. The van der Waals surface area contributed by atoms with Crippen molar-refractivity contribution in [1.82, 2.24) is 0 Å². The number of carbonyl (C=O) groups excluding carboxylic acids is 4. The van der Waals surface area contributed by atoms with Crippen LogP contribution in [0.5, 0.6) is 0 Å². The molecule has 0 bridgehead atoms. The van der Waals surface area contributed by atoms with E-state index in [0.29, 0.717) is 18.4 Å². The van der Waals surface area contributed by atoms with Crippen LogP contribution in [-0.2, 0) is 23.9 Å². The highest BCUT2D eigenvalue weighted by Gasteiger charge is 2.71. The third kappa shape index (κ3) is 2.91. The Kier molecular flexibility index (Phi) is 5.07. The van der Waals surface area contributed by atoms with Gasteiger partial charge in [0.25, 0.3) is 0 Å². The molecule has 0 radical (unpaired) electrons. The number of carbonyl (C=O) groups is 4. The lowest BCUT2D eigenvalue weighted by atomic mass is 9.44. The summed E-state index contributed by atoms with van der Waals surface area (Å²) in [6, 6.07) is 0. The minimum Gasteiger partial charge on any atom is -0.458 e. The molecular weight excluding hydrogens is 404 g/mol. The number of ketones is 3. The van der Waals surface area contributed by atoms with Crippen molar-refractivity contribution in [3.05, 3.63) is 11.6 Å². The van der Waals surface area contributed by atoms with Crippen molar-refractivity contribution in [2.45, 2.75) is 70.7 Å². The van der Waals surface area contributed by atoms with Gasteiger partial charge in [0.15, 0.2) is 12.4 Å². The van der Waals surface area contributed by atoms with Crippen LogP contribution in [0.25, 0.3) is 0 Å². The summed E-state index contributed by atoms with van der Waals surface area (Å²) in [5.74, 6) is -3.24. The Hall–Kier alpha value is -1.90. The second-order valence-corrected chi connectivity index (χ2v) is 10.2. The van der Waals surface area contributed by atoms with Gasteiger partial charge in [-0.2, -0.15) is 0 Å². The second-order valence-electron chi connectivity index (χ2n) is 10.2. The molecule has 0 heterocycles. The second kappa shape index (κ2) is 7.05. The van der Waals surface area contributed by atoms with Gasteiger partial charge in [-0.1, -0.05) is 13.8 Å². The Morgan fingerprint density at radius 2 is 1.87 bits per heavy atom. The van der Waals surface area contributed by atoms with Crippen LogP contribution in [0, 0.1) is 28.6 Å². The first-order valence-corrected chi connectivity index (χ1v) is 10.9. The Balaban J connectivity index is 1.74. The first-order valence-electron chi connectivity index (χ1n) is 10.9. The van der Waals surface area contributed by atoms with Crippen molar-refractivity contribution in [2.24, 2.45) is 28.6 Å². The SMILES string of the molecule is CC(=O)OCC(=O)[C@@]1(O)CC[C@H]2[C@@H]3C(O)C(O)C4=CC(=O)CC[C@]4(C)[C@H]3C(=O)C[C@@]21C. The van der Waals surface area contributed by atoms with Crippen molar-refractivity contribution in [3.8, 4) is 0 Å². The summed E-state index contributed by atoms with van der Waals surface area (Å²) in [6.07, 6.45) is -0.0788. The zero-order chi connectivity index (χ0) is 22.9. The summed E-state index contributed by atoms with van der Waals surface area (Å²) in [5, 5.41) is 33.4. The smallest absolute Gasteiger partial charge is 0.303 e. The predicted octanol–water partition coefficient (Wildman–Crippen LogP) is 0.502. The number of esters is 1. The molecule has 3 fully saturated rings. The molecule has 4 rings (SSSR count). The normalized spacial score (nSPS) is 46.5. The zero-order valence-corrected chi connectivity index (χ0v) is 18.1. The average Bonchev–Trinajstić information content (AvgIpc) is 2.96. The molecule has 0 aromatic heterocycles. The Bertz CT molecular complexity index is 892. The Morgan fingerprint density at radius 1 is 1.19 bits per heavy atom. The van der Waals surface area contributed by atoms with Crippen LogP contribution in [0.1, 0.15) is 52.9 Å². The van der Waals surface area contributed by atoms with E-state index in [2.05, 4.69) is 0 Å². The topological polar surface area (TPSA) is 138 Å². The number of fused-ring (bicyclic) bond motifs is 5. The van der Waals surface area contributed by atoms with E-state index >= 15 is 0 Å². The molecule has 0 spiro atoms. The Morgan fingerprint density at radius 3 is 2.52 bits per heavy atom. The van der Waals surface area contributed by atoms with E-state index in [1.165, 1.54) is 13.0 Å². The van der Waals surface area contributed by atoms with Crippen molar-refractivity contribution in [2.75, 3.05) is 6.61 Å². The molecular formula is C23H30O8. The van der Waals surface area contributed by atoms with Gasteiger partial charge in [0.1, 0.15) is 17.5 Å². The largest absolute Gasteiger partial charge is 0.458 e. The predicted molar refractivity (Wildman–Crippen MR) is 106 cm³/mol. The van der Waals surface area contributed by atoms with E-state index in [1.54, 1.807) is 6.92 Å². The molecule has 0 amide bonds. The fourth-order valence-corrected chi connectivity index (χ4v) is 7.14. The van der Waals surface area contributed by atoms with Crippen molar-refractivity contribution in [3.63, 3.8) is 0 Å². The van der Waals surface area contributed by atoms with Crippen molar-refractivity contribution >= 4 is 23.3 Å². The monoisotopic (exact) mass is 434 g/mol. The number of Topliss-reactive ketones (excluding diaryl/α,β-unsaturated/α-hetero) is 2. The number of hydrogen-bond acceptors (Lipinski definition) is 8. The molecule has 4 aliphatic rings. The fourth-order valence-electron chi connectivity index (χ4n) is 7.14. The molecule has 3 N–H and O–H groups in total. The van der Waals surface area contributed by atoms with Gasteiger partial charge in [-0.3, -0.25) is 19.2 Å². The van der Waals surface area contributed by atoms with E-state index in [1.807, 2.05) is 6.92 Å². The molecule has 0 saturated heterocycles. The molecule has 8 heteroatoms. The summed E-state index contributed by atoms with van der Waals surface area (Å²) in [5.41, 5.74) is -3.35. The van der Waals surface area contributed by atoms with Crippen LogP contribution >= 0.6 is 0 Å². The molecule has 8 atom stereocenters. The zero-order valence-electron chi connectivity index (χ0n) is 18.1. The molecule has 0 aromatic carbocycles. The maximum Gasteiger partial charge on any atom is 0.303 e. The van der Waals surface area contributed by atoms with Crippen LogP contribution in [0.4, 0.5) is 0 Å². The number of aliphatic hydroxyl groups excluding tert-OH is 2. The van der Waals surface area contributed by atoms with Gasteiger partial charge in [0, 0.05) is 42.4 Å². The van der Waals surface area contributed by atoms with Gasteiger partial charge < -0.3 is 20.1 Å². The molecule has 8 nitrogen and oxygen atoms in total. The van der Waals surface area contributed by atoms with E-state index < -0.39 is 58.8 Å². The highest BCUT2D eigenvalue weighted by Crippen LogP contribution is 2.66. The van der Waals surface area contributed by atoms with Gasteiger partial charge in [-0.15, -0.1) is 0 Å². The lowest BCUT2D eigenvalue weighted by Crippen LogP contribution is -2.66. The minimum atomic E-state index is -1.86. The van der Waals surface area contributed by atoms with Crippen LogP contribution in [0.2, 0.25) is 0 Å². The highest BCUT2D eigenvalue weighted by molar-refractivity contribution is 5.95. The van der Waals surface area contributed by atoms with Gasteiger partial charge in [-0.05, 0) is 36.8 Å². The first-order chi connectivity index (χ1) is 14.4. The standard InChI is InChI=1S/C23H30O8/c1-11(24)31-10-16(27)23(30)7-5-13-17-18(15(26)9-22(13,23)3)21(2)6-4-12(25)8-14(21)19(28)20(17)29/h8,13,17-20,28-30H,4-7,9-10H2,1-3H3/t13-,17-,18-,19?,20?,21-,22-,23-/m0/s1. The third-order valence-electron chi connectivity index (χ3n) is 8.78. The van der Waals surface area contributed by atoms with Crippen molar-refractivity contribution < 1.29 is 39.2 Å². The van der Waals surface area contributed by atoms with E-state index in [4.69, 9.17) is 4.74 Å². The lowest BCUT2D eigenvalue weighted by molar-refractivity contribution is -0.187. The first kappa shape index (κ1) is 22.3.